The quantitative estimate of drug-likeness (QED) is 0.261. The molecule has 3 aromatic heterocycles. The monoisotopic (exact) mass is 547 g/mol. The number of rotatable bonds is 7. The van der Waals surface area contributed by atoms with Crippen molar-refractivity contribution in [2.45, 2.75) is 43.4 Å². The number of pyridine rings is 1. The first-order valence-electron chi connectivity index (χ1n) is 12.8. The van der Waals surface area contributed by atoms with Gasteiger partial charge in [-0.15, -0.1) is 11.3 Å². The van der Waals surface area contributed by atoms with Crippen LogP contribution in [-0.4, -0.2) is 40.8 Å². The van der Waals surface area contributed by atoms with E-state index in [1.807, 2.05) is 6.07 Å². The van der Waals surface area contributed by atoms with Crippen molar-refractivity contribution in [1.29, 1.82) is 0 Å². The Hall–Kier alpha value is -3.54. The predicted octanol–water partition coefficient (Wildman–Crippen LogP) is 5.90. The maximum absolute atomic E-state index is 12.9. The number of benzene rings is 1. The Balaban J connectivity index is 1.35. The standard InChI is InChI=1S/C27H29N7O2S2/c28-23-13-10-20(16-29-23)31-27-32-24-22(18-6-2-1-3-7-18)17-37-25(24)26(33-27)30-19-8-11-21(12-9-19)38(35,36)34-14-4-5-15-34/h6,8-13,16-17H,1-5,7,14-15H2,(H2,28,29)(H2,30,31,32,33). The van der Waals surface area contributed by atoms with E-state index in [2.05, 4.69) is 27.1 Å². The number of anilines is 5. The lowest BCUT2D eigenvalue weighted by atomic mass is 9.95. The number of nitrogens with one attached hydrogen (secondary N) is 2. The van der Waals surface area contributed by atoms with E-state index in [-0.39, 0.29) is 0 Å². The van der Waals surface area contributed by atoms with E-state index in [1.54, 1.807) is 52.2 Å². The lowest BCUT2D eigenvalue weighted by molar-refractivity contribution is 0.477. The second kappa shape index (κ2) is 10.3. The highest BCUT2D eigenvalue weighted by molar-refractivity contribution is 7.89. The minimum Gasteiger partial charge on any atom is -0.384 e. The fourth-order valence-electron chi connectivity index (χ4n) is 4.90. The van der Waals surface area contributed by atoms with Crippen molar-refractivity contribution in [3.63, 3.8) is 0 Å². The third kappa shape index (κ3) is 4.96. The summed E-state index contributed by atoms with van der Waals surface area (Å²) in [5.74, 6) is 1.54. The molecule has 1 aromatic carbocycles. The van der Waals surface area contributed by atoms with Crippen LogP contribution in [0.25, 0.3) is 15.8 Å². The molecule has 38 heavy (non-hydrogen) atoms. The maximum atomic E-state index is 12.9. The van der Waals surface area contributed by atoms with Crippen LogP contribution in [0.15, 0.2) is 58.9 Å². The van der Waals surface area contributed by atoms with Crippen molar-refractivity contribution in [2.24, 2.45) is 0 Å². The van der Waals surface area contributed by atoms with Gasteiger partial charge in [-0.1, -0.05) is 6.08 Å². The Morgan fingerprint density at radius 1 is 0.921 bits per heavy atom. The van der Waals surface area contributed by atoms with Crippen molar-refractivity contribution in [3.05, 3.63) is 59.6 Å². The van der Waals surface area contributed by atoms with Gasteiger partial charge in [-0.25, -0.2) is 18.4 Å². The number of thiophene rings is 1. The molecule has 1 fully saturated rings. The van der Waals surface area contributed by atoms with Crippen LogP contribution >= 0.6 is 11.3 Å². The van der Waals surface area contributed by atoms with E-state index in [0.717, 1.165) is 52.8 Å². The number of aromatic nitrogens is 3. The summed E-state index contributed by atoms with van der Waals surface area (Å²) in [4.78, 5) is 14.1. The highest BCUT2D eigenvalue weighted by Gasteiger charge is 2.27. The Morgan fingerprint density at radius 2 is 1.71 bits per heavy atom. The second-order valence-corrected chi connectivity index (χ2v) is 12.4. The van der Waals surface area contributed by atoms with E-state index in [4.69, 9.17) is 15.7 Å². The van der Waals surface area contributed by atoms with Crippen molar-refractivity contribution < 1.29 is 8.42 Å². The summed E-state index contributed by atoms with van der Waals surface area (Å²) in [5, 5.41) is 8.81. The topological polar surface area (TPSA) is 126 Å². The third-order valence-electron chi connectivity index (χ3n) is 6.91. The number of fused-ring (bicyclic) bond motifs is 1. The molecule has 9 nitrogen and oxygen atoms in total. The van der Waals surface area contributed by atoms with Gasteiger partial charge in [0.05, 0.1) is 27.0 Å². The van der Waals surface area contributed by atoms with Crippen LogP contribution in [0.4, 0.5) is 29.0 Å². The molecule has 1 aliphatic carbocycles. The van der Waals surface area contributed by atoms with Crippen molar-refractivity contribution in [2.75, 3.05) is 29.5 Å². The van der Waals surface area contributed by atoms with Crippen LogP contribution in [0.3, 0.4) is 0 Å². The van der Waals surface area contributed by atoms with Gasteiger partial charge < -0.3 is 16.4 Å². The molecule has 2 aliphatic rings. The molecule has 4 aromatic rings. The maximum Gasteiger partial charge on any atom is 0.243 e. The highest BCUT2D eigenvalue weighted by Crippen LogP contribution is 2.39. The Bertz CT molecular complexity index is 1590. The molecule has 11 heteroatoms. The summed E-state index contributed by atoms with van der Waals surface area (Å²) in [6, 6.07) is 10.4. The molecule has 0 saturated carbocycles. The molecule has 1 aliphatic heterocycles. The van der Waals surface area contributed by atoms with Gasteiger partial charge in [-0.2, -0.15) is 9.29 Å². The third-order valence-corrected chi connectivity index (χ3v) is 9.80. The van der Waals surface area contributed by atoms with Gasteiger partial charge in [0, 0.05) is 29.7 Å². The van der Waals surface area contributed by atoms with E-state index in [9.17, 15) is 8.42 Å². The Kier molecular flexibility index (Phi) is 6.73. The second-order valence-electron chi connectivity index (χ2n) is 9.56. The normalized spacial score (nSPS) is 16.5. The summed E-state index contributed by atoms with van der Waals surface area (Å²) in [7, 11) is -3.47. The van der Waals surface area contributed by atoms with Crippen LogP contribution in [0.2, 0.25) is 0 Å². The summed E-state index contributed by atoms with van der Waals surface area (Å²) in [6.45, 7) is 1.16. The first-order chi connectivity index (χ1) is 18.5. The molecule has 0 amide bonds. The summed E-state index contributed by atoms with van der Waals surface area (Å²) < 4.78 is 28.4. The number of nitrogens with two attached hydrogens (primary N) is 1. The lowest BCUT2D eigenvalue weighted by Crippen LogP contribution is -2.27. The van der Waals surface area contributed by atoms with Gasteiger partial charge in [-0.05, 0) is 80.5 Å². The largest absolute Gasteiger partial charge is 0.384 e. The lowest BCUT2D eigenvalue weighted by Gasteiger charge is -2.16. The van der Waals surface area contributed by atoms with Crippen molar-refractivity contribution in [3.8, 4) is 0 Å². The summed E-state index contributed by atoms with van der Waals surface area (Å²) in [5.41, 5.74) is 10.6. The number of allylic oxidation sites excluding steroid dienone is 2. The molecule has 0 radical (unpaired) electrons. The average molecular weight is 548 g/mol. The van der Waals surface area contributed by atoms with Gasteiger partial charge in [0.15, 0.2) is 5.82 Å². The van der Waals surface area contributed by atoms with Gasteiger partial charge in [0.25, 0.3) is 0 Å². The molecule has 4 heterocycles. The summed E-state index contributed by atoms with van der Waals surface area (Å²) in [6.07, 6.45) is 10.3. The van der Waals surface area contributed by atoms with Gasteiger partial charge in [0.2, 0.25) is 16.0 Å². The molecular weight excluding hydrogens is 518 g/mol. The highest BCUT2D eigenvalue weighted by atomic mass is 32.2. The van der Waals surface area contributed by atoms with Crippen LogP contribution in [0.1, 0.15) is 44.1 Å². The van der Waals surface area contributed by atoms with Crippen molar-refractivity contribution in [1.82, 2.24) is 19.3 Å². The van der Waals surface area contributed by atoms with Gasteiger partial charge in [-0.3, -0.25) is 0 Å². The molecule has 4 N–H and O–H groups in total. The molecule has 196 valence electrons. The van der Waals surface area contributed by atoms with Crippen LogP contribution < -0.4 is 16.4 Å². The zero-order valence-corrected chi connectivity index (χ0v) is 22.5. The fraction of sp³-hybridized carbons (Fsp3) is 0.296. The van der Waals surface area contributed by atoms with Gasteiger partial charge >= 0.3 is 0 Å². The fourth-order valence-corrected chi connectivity index (χ4v) is 7.39. The number of nitrogens with zero attached hydrogens (tertiary/aromatic N) is 4. The number of sulfonamides is 1. The van der Waals surface area contributed by atoms with Crippen molar-refractivity contribution >= 4 is 66.1 Å². The van der Waals surface area contributed by atoms with E-state index >= 15 is 0 Å². The van der Waals surface area contributed by atoms with Crippen LogP contribution in [-0.2, 0) is 10.0 Å². The van der Waals surface area contributed by atoms with E-state index < -0.39 is 10.0 Å². The zero-order chi connectivity index (χ0) is 26.1. The predicted molar refractivity (Wildman–Crippen MR) is 154 cm³/mol. The Morgan fingerprint density at radius 3 is 2.42 bits per heavy atom. The van der Waals surface area contributed by atoms with E-state index in [0.29, 0.717) is 35.6 Å². The molecule has 0 spiro atoms. The van der Waals surface area contributed by atoms with Gasteiger partial charge in [0.1, 0.15) is 5.82 Å². The number of hydrogen-bond donors (Lipinski definition) is 3. The number of hydrogen-bond acceptors (Lipinski definition) is 9. The van der Waals surface area contributed by atoms with E-state index in [1.165, 1.54) is 18.4 Å². The molecule has 0 atom stereocenters. The molecule has 0 unspecified atom stereocenters. The molecule has 0 bridgehead atoms. The minimum atomic E-state index is -3.47. The smallest absolute Gasteiger partial charge is 0.243 e. The molecular formula is C27H29N7O2S2. The zero-order valence-electron chi connectivity index (χ0n) is 20.9. The first-order valence-corrected chi connectivity index (χ1v) is 15.1. The Labute approximate surface area is 225 Å². The van der Waals surface area contributed by atoms with Crippen LogP contribution in [0, 0.1) is 0 Å². The first kappa shape index (κ1) is 24.8. The molecule has 6 rings (SSSR count). The number of nitrogen functional groups attached to an aromatic ring is 1. The van der Waals surface area contributed by atoms with Crippen LogP contribution in [0.5, 0.6) is 0 Å². The average Bonchev–Trinajstić information content (AvgIpc) is 3.62. The summed E-state index contributed by atoms with van der Waals surface area (Å²) >= 11 is 1.61. The minimum absolute atomic E-state index is 0.304. The molecule has 1 saturated heterocycles. The SMILES string of the molecule is Nc1ccc(Nc2nc(Nc3ccc(S(=O)(=O)N4CCCC4)cc3)c3scc(C4=CCCCC4)c3n2)cn1.